The van der Waals surface area contributed by atoms with Crippen LogP contribution in [0.1, 0.15) is 25.0 Å². The number of rotatable bonds is 11. The minimum atomic E-state index is -4.18. The van der Waals surface area contributed by atoms with Crippen molar-refractivity contribution < 1.29 is 22.7 Å². The van der Waals surface area contributed by atoms with E-state index >= 15 is 0 Å². The van der Waals surface area contributed by atoms with Crippen molar-refractivity contribution >= 4 is 50.7 Å². The molecule has 8 nitrogen and oxygen atoms in total. The maximum atomic E-state index is 13.9. The molecule has 1 atom stereocenters. The number of sulfonamides is 1. The van der Waals surface area contributed by atoms with E-state index in [9.17, 15) is 18.0 Å². The molecule has 0 heterocycles. The number of carbonyl (C=O) groups is 2. The van der Waals surface area contributed by atoms with Crippen molar-refractivity contribution in [1.82, 2.24) is 10.2 Å². The summed E-state index contributed by atoms with van der Waals surface area (Å²) in [4.78, 5) is 27.7. The third kappa shape index (κ3) is 7.44. The fourth-order valence-electron chi connectivity index (χ4n) is 3.87. The van der Waals surface area contributed by atoms with Crippen LogP contribution in [0.4, 0.5) is 5.69 Å². The smallest absolute Gasteiger partial charge is 0.264 e. The Kier molecular flexibility index (Phi) is 10.2. The van der Waals surface area contributed by atoms with Crippen LogP contribution in [0.25, 0.3) is 0 Å². The van der Waals surface area contributed by atoms with Crippen LogP contribution >= 0.6 is 23.2 Å². The average molecular weight is 593 g/mol. The molecule has 0 aromatic heterocycles. The van der Waals surface area contributed by atoms with Gasteiger partial charge in [-0.3, -0.25) is 13.9 Å². The van der Waals surface area contributed by atoms with Crippen LogP contribution in [-0.4, -0.2) is 51.4 Å². The predicted molar refractivity (Wildman–Crippen MR) is 154 cm³/mol. The van der Waals surface area contributed by atoms with E-state index < -0.39 is 34.4 Å². The quantitative estimate of drug-likeness (QED) is 0.336. The molecule has 0 spiro atoms. The number of hydrogen-bond acceptors (Lipinski definition) is 5. The summed E-state index contributed by atoms with van der Waals surface area (Å²) in [5.74, 6) is -0.475. The van der Waals surface area contributed by atoms with Crippen LogP contribution in [0.3, 0.4) is 0 Å². The van der Waals surface area contributed by atoms with E-state index in [1.54, 1.807) is 61.5 Å². The lowest BCUT2D eigenvalue weighted by molar-refractivity contribution is -0.139. The lowest BCUT2D eigenvalue weighted by Crippen LogP contribution is -2.50. The fourth-order valence-corrected chi connectivity index (χ4v) is 5.75. The number of anilines is 1. The molecule has 11 heteroatoms. The van der Waals surface area contributed by atoms with Gasteiger partial charge in [0.1, 0.15) is 18.3 Å². The molecule has 0 aliphatic heterocycles. The second-order valence-corrected chi connectivity index (χ2v) is 11.5. The summed E-state index contributed by atoms with van der Waals surface area (Å²) in [6, 6.07) is 16.7. The van der Waals surface area contributed by atoms with Crippen molar-refractivity contribution in [3.8, 4) is 5.75 Å². The minimum Gasteiger partial charge on any atom is -0.494 e. The number of hydrogen-bond donors (Lipinski definition) is 1. The molecule has 0 fully saturated rings. The summed E-state index contributed by atoms with van der Waals surface area (Å²) in [5.41, 5.74) is 1.79. The van der Waals surface area contributed by atoms with Crippen LogP contribution in [0.15, 0.2) is 71.6 Å². The minimum absolute atomic E-state index is 0.00836. The first-order chi connectivity index (χ1) is 18.5. The Morgan fingerprint density at radius 3 is 2.21 bits per heavy atom. The molecule has 0 bridgehead atoms. The van der Waals surface area contributed by atoms with Crippen molar-refractivity contribution in [1.29, 1.82) is 0 Å². The van der Waals surface area contributed by atoms with Crippen molar-refractivity contribution in [3.63, 3.8) is 0 Å². The zero-order valence-electron chi connectivity index (χ0n) is 22.1. The van der Waals surface area contributed by atoms with Gasteiger partial charge < -0.3 is 15.0 Å². The van der Waals surface area contributed by atoms with Gasteiger partial charge in [-0.25, -0.2) is 8.42 Å². The molecule has 0 saturated heterocycles. The summed E-state index contributed by atoms with van der Waals surface area (Å²) < 4.78 is 34.2. The molecule has 39 heavy (non-hydrogen) atoms. The Balaban J connectivity index is 2.03. The normalized spacial score (nSPS) is 11.9. The number of nitrogens with one attached hydrogen (secondary N) is 1. The monoisotopic (exact) mass is 591 g/mol. The Labute approximate surface area is 239 Å². The predicted octanol–water partition coefficient (Wildman–Crippen LogP) is 5.06. The molecule has 0 aliphatic carbocycles. The van der Waals surface area contributed by atoms with Crippen molar-refractivity contribution in [3.05, 3.63) is 87.9 Å². The second kappa shape index (κ2) is 13.2. The molecule has 208 valence electrons. The fraction of sp³-hybridized carbons (Fsp3) is 0.286. The first-order valence-corrected chi connectivity index (χ1v) is 14.4. The largest absolute Gasteiger partial charge is 0.494 e. The summed E-state index contributed by atoms with van der Waals surface area (Å²) in [6.45, 7) is 5.13. The molecule has 0 unspecified atom stereocenters. The van der Waals surface area contributed by atoms with Gasteiger partial charge in [0.25, 0.3) is 10.0 Å². The molecule has 1 N–H and O–H groups in total. The highest BCUT2D eigenvalue weighted by atomic mass is 35.5. The second-order valence-electron chi connectivity index (χ2n) is 8.80. The average Bonchev–Trinajstić information content (AvgIpc) is 2.91. The summed E-state index contributed by atoms with van der Waals surface area (Å²) in [5, 5.41) is 3.29. The topological polar surface area (TPSA) is 96.0 Å². The van der Waals surface area contributed by atoms with Crippen molar-refractivity contribution in [2.75, 3.05) is 24.5 Å². The van der Waals surface area contributed by atoms with Gasteiger partial charge in [0, 0.05) is 23.6 Å². The van der Waals surface area contributed by atoms with E-state index in [0.717, 1.165) is 9.87 Å². The maximum Gasteiger partial charge on any atom is 0.264 e. The molecular weight excluding hydrogens is 561 g/mol. The molecule has 3 aromatic carbocycles. The third-order valence-electron chi connectivity index (χ3n) is 6.09. The number of aryl methyl sites for hydroxylation is 1. The van der Waals surface area contributed by atoms with E-state index in [-0.39, 0.29) is 11.4 Å². The molecule has 3 aromatic rings. The van der Waals surface area contributed by atoms with Crippen molar-refractivity contribution in [2.24, 2.45) is 0 Å². The van der Waals surface area contributed by atoms with E-state index in [4.69, 9.17) is 27.9 Å². The van der Waals surface area contributed by atoms with E-state index in [1.807, 2.05) is 13.8 Å². The SMILES string of the molecule is CCOc1ccc(S(=O)(=O)N(CC(=O)N(Cc2ccc(Cl)cc2Cl)[C@@H](C)C(=O)NC)c2ccc(C)cc2)cc1. The van der Waals surface area contributed by atoms with Gasteiger partial charge in [-0.05, 0) is 74.9 Å². The highest BCUT2D eigenvalue weighted by molar-refractivity contribution is 7.92. The Hall–Kier alpha value is -3.27. The number of halogens is 2. The zero-order chi connectivity index (χ0) is 28.7. The number of carbonyl (C=O) groups excluding carboxylic acids is 2. The lowest BCUT2D eigenvalue weighted by Gasteiger charge is -2.32. The van der Waals surface area contributed by atoms with Crippen LogP contribution in [0, 0.1) is 6.92 Å². The van der Waals surface area contributed by atoms with E-state index in [2.05, 4.69) is 5.32 Å². The van der Waals surface area contributed by atoms with Gasteiger partial charge in [-0.2, -0.15) is 0 Å². The maximum absolute atomic E-state index is 13.9. The van der Waals surface area contributed by atoms with Gasteiger partial charge in [0.15, 0.2) is 0 Å². The van der Waals surface area contributed by atoms with E-state index in [1.165, 1.54) is 24.1 Å². The highest BCUT2D eigenvalue weighted by Crippen LogP contribution is 2.27. The number of benzene rings is 3. The van der Waals surface area contributed by atoms with Crippen LogP contribution in [0.2, 0.25) is 10.0 Å². The third-order valence-corrected chi connectivity index (χ3v) is 8.47. The summed E-state index contributed by atoms with van der Waals surface area (Å²) in [6.07, 6.45) is 0. The Morgan fingerprint density at radius 1 is 1.00 bits per heavy atom. The molecule has 0 aliphatic rings. The van der Waals surface area contributed by atoms with Crippen LogP contribution < -0.4 is 14.4 Å². The number of amides is 2. The standard InChI is InChI=1S/C28H31Cl2N3O5S/c1-5-38-24-12-14-25(15-13-24)39(36,37)33(23-10-6-19(2)7-11-23)18-27(34)32(20(3)28(35)31-4)17-21-8-9-22(29)16-26(21)30/h6-16,20H,5,17-18H2,1-4H3,(H,31,35)/t20-/m0/s1. The first kappa shape index (κ1) is 30.3. The van der Waals surface area contributed by atoms with Gasteiger partial charge in [0.2, 0.25) is 11.8 Å². The molecule has 3 rings (SSSR count). The Morgan fingerprint density at radius 2 is 1.64 bits per heavy atom. The number of nitrogens with zero attached hydrogens (tertiary/aromatic N) is 2. The lowest BCUT2D eigenvalue weighted by atomic mass is 10.1. The molecule has 0 radical (unpaired) electrons. The van der Waals surface area contributed by atoms with Crippen LogP contribution in [-0.2, 0) is 26.2 Å². The van der Waals surface area contributed by atoms with Gasteiger partial charge in [0.05, 0.1) is 17.2 Å². The number of likely N-dealkylation sites (N-methyl/N-ethyl adjacent to an activating group) is 1. The zero-order valence-corrected chi connectivity index (χ0v) is 24.5. The molecular formula is C28H31Cl2N3O5S. The first-order valence-electron chi connectivity index (χ1n) is 12.2. The van der Waals surface area contributed by atoms with E-state index in [0.29, 0.717) is 33.7 Å². The summed E-state index contributed by atoms with van der Waals surface area (Å²) in [7, 11) is -2.72. The molecule has 0 saturated carbocycles. The number of ether oxygens (including phenoxy) is 1. The van der Waals surface area contributed by atoms with Gasteiger partial charge in [-0.15, -0.1) is 0 Å². The van der Waals surface area contributed by atoms with Crippen LogP contribution in [0.5, 0.6) is 5.75 Å². The van der Waals surface area contributed by atoms with Gasteiger partial charge >= 0.3 is 0 Å². The Bertz CT molecular complexity index is 1410. The van der Waals surface area contributed by atoms with Crippen molar-refractivity contribution in [2.45, 2.75) is 38.3 Å². The van der Waals surface area contributed by atoms with Gasteiger partial charge in [-0.1, -0.05) is 47.0 Å². The molecule has 2 amide bonds. The highest BCUT2D eigenvalue weighted by Gasteiger charge is 2.32. The summed E-state index contributed by atoms with van der Waals surface area (Å²) >= 11 is 12.4.